The number of epoxide rings is 1. The Hall–Kier alpha value is -2.75. The molecule has 38 heavy (non-hydrogen) atoms. The Morgan fingerprint density at radius 1 is 1.11 bits per heavy atom. The van der Waals surface area contributed by atoms with Crippen LogP contribution in [0.3, 0.4) is 0 Å². The molecule has 3 heterocycles. The third-order valence-electron chi connectivity index (χ3n) is 7.43. The van der Waals surface area contributed by atoms with Gasteiger partial charge in [0.05, 0.1) is 32.0 Å². The summed E-state index contributed by atoms with van der Waals surface area (Å²) < 4.78 is 33.0. The zero-order valence-electron chi connectivity index (χ0n) is 20.3. The lowest BCUT2D eigenvalue weighted by Crippen LogP contribution is -2.60. The number of aromatic hydroxyl groups is 1. The fraction of sp³-hybridized carbons (Fsp3) is 0.560. The van der Waals surface area contributed by atoms with E-state index in [1.165, 1.54) is 31.6 Å². The highest BCUT2D eigenvalue weighted by atomic mass is 16.8. The molecule has 2 saturated heterocycles. The smallest absolute Gasteiger partial charge is 0.330 e. The lowest BCUT2D eigenvalue weighted by molar-refractivity contribution is -0.344. The number of hydrogen-bond acceptors (Lipinski definition) is 13. The van der Waals surface area contributed by atoms with Crippen LogP contribution in [0.15, 0.2) is 36.6 Å². The minimum Gasteiger partial charge on any atom is -0.504 e. The molecule has 208 valence electrons. The predicted molar refractivity (Wildman–Crippen MR) is 124 cm³/mol. The topological polar surface area (TPSA) is 197 Å². The molecule has 1 aromatic rings. The Labute approximate surface area is 217 Å². The summed E-state index contributed by atoms with van der Waals surface area (Å²) in [5.74, 6) is -1.66. The van der Waals surface area contributed by atoms with Crippen molar-refractivity contribution in [2.45, 2.75) is 54.8 Å². The van der Waals surface area contributed by atoms with Crippen LogP contribution in [0.1, 0.15) is 5.56 Å². The molecule has 13 nitrogen and oxygen atoms in total. The van der Waals surface area contributed by atoms with Gasteiger partial charge in [0.25, 0.3) is 0 Å². The van der Waals surface area contributed by atoms with Crippen LogP contribution in [-0.2, 0) is 28.5 Å². The number of phenolic OH excluding ortho intramolecular Hbond substituents is 1. The van der Waals surface area contributed by atoms with Gasteiger partial charge in [0.15, 0.2) is 17.8 Å². The Kier molecular flexibility index (Phi) is 7.37. The first-order valence-corrected chi connectivity index (χ1v) is 12.1. The summed E-state index contributed by atoms with van der Waals surface area (Å²) >= 11 is 0. The normalized spacial score (nSPS) is 41.3. The molecule has 13 heteroatoms. The third-order valence-corrected chi connectivity index (χ3v) is 7.43. The van der Waals surface area contributed by atoms with Gasteiger partial charge in [-0.3, -0.25) is 0 Å². The second kappa shape index (κ2) is 10.4. The second-order valence-corrected chi connectivity index (χ2v) is 9.63. The van der Waals surface area contributed by atoms with Crippen LogP contribution in [0.2, 0.25) is 0 Å². The van der Waals surface area contributed by atoms with E-state index in [2.05, 4.69) is 0 Å². The quantitative estimate of drug-likeness (QED) is 0.126. The van der Waals surface area contributed by atoms with Crippen molar-refractivity contribution in [2.24, 2.45) is 11.8 Å². The number of ether oxygens (including phenoxy) is 6. The number of aliphatic hydroxyl groups excluding tert-OH is 5. The number of carbonyl (C=O) groups excluding carboxylic acids is 1. The van der Waals surface area contributed by atoms with Gasteiger partial charge in [0, 0.05) is 12.0 Å². The standard InChI is InChI=1S/C25H30O13/c1-33-14-4-2-11(8-13(14)27)3-5-16(28)35-10-25-17-12(18(29)22(25)38-25)6-7-34-23(17)37-24-21(32)20(31)19(30)15(9-26)36-24/h2-8,12,15,17-24,26-27,29-32H,9-10H2,1H3/b5-3+/t12-,15-,17-,18+,19-,20+,21-,22+,23+,24+,25-/m1/s1. The van der Waals surface area contributed by atoms with Gasteiger partial charge in [-0.15, -0.1) is 0 Å². The van der Waals surface area contributed by atoms with Crippen LogP contribution in [0.5, 0.6) is 11.5 Å². The van der Waals surface area contributed by atoms with E-state index in [-0.39, 0.29) is 12.4 Å². The maximum atomic E-state index is 12.4. The average molecular weight is 539 g/mol. The molecule has 6 N–H and O–H groups in total. The minimum atomic E-state index is -1.65. The summed E-state index contributed by atoms with van der Waals surface area (Å²) in [5.41, 5.74) is -0.607. The van der Waals surface area contributed by atoms with Crippen molar-refractivity contribution < 1.29 is 63.9 Å². The van der Waals surface area contributed by atoms with E-state index in [0.717, 1.165) is 0 Å². The number of hydrogen-bond donors (Lipinski definition) is 6. The van der Waals surface area contributed by atoms with Gasteiger partial charge in [-0.2, -0.15) is 0 Å². The largest absolute Gasteiger partial charge is 0.504 e. The van der Waals surface area contributed by atoms with Crippen LogP contribution in [0, 0.1) is 11.8 Å². The second-order valence-electron chi connectivity index (χ2n) is 9.63. The number of carbonyl (C=O) groups is 1. The maximum Gasteiger partial charge on any atom is 0.330 e. The number of methoxy groups -OCH3 is 1. The van der Waals surface area contributed by atoms with Crippen molar-refractivity contribution in [3.8, 4) is 11.5 Å². The molecule has 1 aromatic carbocycles. The molecule has 5 rings (SSSR count). The van der Waals surface area contributed by atoms with Crippen LogP contribution < -0.4 is 4.74 Å². The molecule has 0 amide bonds. The Morgan fingerprint density at radius 3 is 2.61 bits per heavy atom. The number of esters is 1. The van der Waals surface area contributed by atoms with E-state index in [0.29, 0.717) is 11.3 Å². The van der Waals surface area contributed by atoms with E-state index in [1.807, 2.05) is 0 Å². The maximum absolute atomic E-state index is 12.4. The number of aliphatic hydroxyl groups is 5. The van der Waals surface area contributed by atoms with Gasteiger partial charge in [-0.25, -0.2) is 4.79 Å². The Bertz CT molecular complexity index is 1090. The highest BCUT2D eigenvalue weighted by molar-refractivity contribution is 5.87. The number of phenols is 1. The number of rotatable bonds is 8. The third kappa shape index (κ3) is 4.65. The number of fused-ring (bicyclic) bond motifs is 3. The molecule has 1 saturated carbocycles. The summed E-state index contributed by atoms with van der Waals surface area (Å²) in [6.45, 7) is -0.867. The van der Waals surface area contributed by atoms with Crippen molar-refractivity contribution >= 4 is 12.0 Å². The van der Waals surface area contributed by atoms with Crippen molar-refractivity contribution in [2.75, 3.05) is 20.3 Å². The van der Waals surface area contributed by atoms with E-state index in [4.69, 9.17) is 28.4 Å². The lowest BCUT2D eigenvalue weighted by atomic mass is 9.85. The molecule has 1 aliphatic carbocycles. The summed E-state index contributed by atoms with van der Waals surface area (Å²) in [5, 5.41) is 60.5. The van der Waals surface area contributed by atoms with Crippen LogP contribution >= 0.6 is 0 Å². The van der Waals surface area contributed by atoms with Gasteiger partial charge in [-0.05, 0) is 29.8 Å². The molecule has 0 bridgehead atoms. The Morgan fingerprint density at radius 2 is 1.89 bits per heavy atom. The van der Waals surface area contributed by atoms with Crippen LogP contribution in [0.4, 0.5) is 0 Å². The number of benzene rings is 1. The highest BCUT2D eigenvalue weighted by Gasteiger charge is 2.76. The molecule has 0 spiro atoms. The van der Waals surface area contributed by atoms with Gasteiger partial charge in [0.2, 0.25) is 6.29 Å². The molecular formula is C25H30O13. The molecule has 4 aliphatic rings. The van der Waals surface area contributed by atoms with E-state index in [1.54, 1.807) is 18.2 Å². The molecule has 3 aliphatic heterocycles. The average Bonchev–Trinajstić information content (AvgIpc) is 3.60. The summed E-state index contributed by atoms with van der Waals surface area (Å²) in [7, 11) is 1.42. The van der Waals surface area contributed by atoms with Crippen molar-refractivity contribution in [3.05, 3.63) is 42.2 Å². The first-order valence-electron chi connectivity index (χ1n) is 12.1. The zero-order valence-corrected chi connectivity index (χ0v) is 20.3. The molecule has 3 fully saturated rings. The summed E-state index contributed by atoms with van der Waals surface area (Å²) in [4.78, 5) is 12.4. The fourth-order valence-corrected chi connectivity index (χ4v) is 5.36. The van der Waals surface area contributed by atoms with E-state index >= 15 is 0 Å². The minimum absolute atomic E-state index is 0.0853. The molecule has 0 aromatic heterocycles. The first-order chi connectivity index (χ1) is 18.2. The molecule has 11 atom stereocenters. The highest BCUT2D eigenvalue weighted by Crippen LogP contribution is 2.60. The van der Waals surface area contributed by atoms with Crippen molar-refractivity contribution in [1.82, 2.24) is 0 Å². The van der Waals surface area contributed by atoms with Gasteiger partial charge in [-0.1, -0.05) is 6.07 Å². The zero-order chi connectivity index (χ0) is 27.2. The fourth-order valence-electron chi connectivity index (χ4n) is 5.36. The van der Waals surface area contributed by atoms with Crippen molar-refractivity contribution in [3.63, 3.8) is 0 Å². The molecule has 0 unspecified atom stereocenters. The molecular weight excluding hydrogens is 508 g/mol. The van der Waals surface area contributed by atoms with Gasteiger partial charge < -0.3 is 59.1 Å². The SMILES string of the molecule is COc1ccc(/C=C/C(=O)OC[C@]23O[C@H]2[C@@H](O)[C@@H]2C=CO[C@@H](O[C@@H]4O[C@H](CO)[C@@H](O)[C@H](O)[C@H]4O)[C@@H]23)cc1O. The van der Waals surface area contributed by atoms with Gasteiger partial charge >= 0.3 is 5.97 Å². The first kappa shape index (κ1) is 26.8. The summed E-state index contributed by atoms with van der Waals surface area (Å²) in [6, 6.07) is 4.62. The predicted octanol–water partition coefficient (Wildman–Crippen LogP) is -1.61. The van der Waals surface area contributed by atoms with Crippen molar-refractivity contribution in [1.29, 1.82) is 0 Å². The summed E-state index contributed by atoms with van der Waals surface area (Å²) in [6.07, 6.45) is -4.67. The van der Waals surface area contributed by atoms with Crippen LogP contribution in [-0.4, -0.2) is 112 Å². The van der Waals surface area contributed by atoms with E-state index in [9.17, 15) is 35.4 Å². The van der Waals surface area contributed by atoms with E-state index < -0.39 is 79.2 Å². The van der Waals surface area contributed by atoms with Crippen LogP contribution in [0.25, 0.3) is 6.08 Å². The van der Waals surface area contributed by atoms with Gasteiger partial charge in [0.1, 0.15) is 42.7 Å². The molecule has 0 radical (unpaired) electrons. The Balaban J connectivity index is 1.26. The lowest BCUT2D eigenvalue weighted by Gasteiger charge is -2.43. The monoisotopic (exact) mass is 538 g/mol.